The summed E-state index contributed by atoms with van der Waals surface area (Å²) in [5.41, 5.74) is 0. The van der Waals surface area contributed by atoms with Crippen molar-refractivity contribution >= 4 is 11.8 Å². The molecule has 0 atom stereocenters. The Morgan fingerprint density at radius 1 is 1.18 bits per heavy atom. The molecule has 68 valence electrons. The van der Waals surface area contributed by atoms with Crippen LogP contribution in [0.3, 0.4) is 0 Å². The van der Waals surface area contributed by atoms with Gasteiger partial charge in [0, 0.05) is 0 Å². The molecule has 0 fully saturated rings. The van der Waals surface area contributed by atoms with Crippen molar-refractivity contribution in [1.29, 1.82) is 0 Å². The van der Waals surface area contributed by atoms with Crippen molar-refractivity contribution in [3.05, 3.63) is 23.0 Å². The highest BCUT2D eigenvalue weighted by molar-refractivity contribution is 8.05. The Labute approximate surface area is 76.8 Å². The second-order valence-electron chi connectivity index (χ2n) is 1.18. The van der Waals surface area contributed by atoms with Crippen LogP contribution in [0.5, 0.6) is 0 Å². The summed E-state index contributed by atoms with van der Waals surface area (Å²) in [5.74, 6) is 0. The van der Waals surface area contributed by atoms with Gasteiger partial charge in [-0.1, -0.05) is 40.3 Å². The van der Waals surface area contributed by atoms with E-state index in [1.807, 2.05) is 40.0 Å². The molecule has 0 saturated heterocycles. The Kier molecular flexibility index (Phi) is 35.0. The molecule has 0 bridgehead atoms. The van der Waals surface area contributed by atoms with E-state index in [0.29, 0.717) is 0 Å². The van der Waals surface area contributed by atoms with Crippen molar-refractivity contribution in [2.24, 2.45) is 0 Å². The zero-order valence-electron chi connectivity index (χ0n) is 8.77. The highest BCUT2D eigenvalue weighted by Crippen LogP contribution is 2.13. The molecular formula is C10H22S. The molecule has 0 nitrogen and oxygen atoms in total. The van der Waals surface area contributed by atoms with E-state index in [-0.39, 0.29) is 0 Å². The van der Waals surface area contributed by atoms with Crippen molar-refractivity contribution in [2.45, 2.75) is 41.5 Å². The third-order valence-electron chi connectivity index (χ3n) is 0.676. The van der Waals surface area contributed by atoms with E-state index < -0.39 is 0 Å². The molecule has 0 aromatic rings. The van der Waals surface area contributed by atoms with Crippen LogP contribution >= 0.6 is 11.8 Å². The molecule has 11 heavy (non-hydrogen) atoms. The van der Waals surface area contributed by atoms with Crippen LogP contribution in [-0.2, 0) is 0 Å². The molecule has 0 amide bonds. The first-order valence-electron chi connectivity index (χ1n) is 4.21. The SMILES string of the molecule is C=CS/C(C)=C\C.CC.CC. The minimum atomic E-state index is 1.30. The molecule has 1 heteroatoms. The van der Waals surface area contributed by atoms with Crippen LogP contribution in [0.2, 0.25) is 0 Å². The quantitative estimate of drug-likeness (QED) is 0.577. The number of hydrogen-bond acceptors (Lipinski definition) is 1. The van der Waals surface area contributed by atoms with E-state index in [0.717, 1.165) is 0 Å². The number of allylic oxidation sites excluding steroid dienone is 2. The van der Waals surface area contributed by atoms with E-state index in [2.05, 4.69) is 19.6 Å². The lowest BCUT2D eigenvalue weighted by Crippen LogP contribution is -1.55. The van der Waals surface area contributed by atoms with Crippen LogP contribution in [-0.4, -0.2) is 0 Å². The van der Waals surface area contributed by atoms with Crippen LogP contribution in [0.4, 0.5) is 0 Å². The van der Waals surface area contributed by atoms with Crippen LogP contribution in [0.15, 0.2) is 23.0 Å². The minimum absolute atomic E-state index is 1.30. The Bertz CT molecular complexity index is 82.9. The van der Waals surface area contributed by atoms with E-state index >= 15 is 0 Å². The Balaban J connectivity index is -0.000000138. The van der Waals surface area contributed by atoms with Crippen molar-refractivity contribution in [2.75, 3.05) is 0 Å². The third kappa shape index (κ3) is 25.8. The van der Waals surface area contributed by atoms with Gasteiger partial charge >= 0.3 is 0 Å². The van der Waals surface area contributed by atoms with E-state index in [1.54, 1.807) is 11.8 Å². The monoisotopic (exact) mass is 174 g/mol. The maximum absolute atomic E-state index is 3.57. The van der Waals surface area contributed by atoms with Gasteiger partial charge in [0.05, 0.1) is 0 Å². The summed E-state index contributed by atoms with van der Waals surface area (Å²) in [4.78, 5) is 1.30. The van der Waals surface area contributed by atoms with E-state index in [4.69, 9.17) is 0 Å². The van der Waals surface area contributed by atoms with Crippen LogP contribution < -0.4 is 0 Å². The molecule has 0 aromatic carbocycles. The highest BCUT2D eigenvalue weighted by Gasteiger charge is 1.76. The summed E-state index contributed by atoms with van der Waals surface area (Å²) in [5, 5.41) is 1.83. The third-order valence-corrected chi connectivity index (χ3v) is 1.45. The fourth-order valence-electron chi connectivity index (χ4n) is 0.199. The van der Waals surface area contributed by atoms with Gasteiger partial charge in [0.15, 0.2) is 0 Å². The molecule has 0 aliphatic rings. The van der Waals surface area contributed by atoms with Crippen molar-refractivity contribution in [3.8, 4) is 0 Å². The normalized spacial score (nSPS) is 8.36. The fraction of sp³-hybridized carbons (Fsp3) is 0.600. The molecule has 0 unspecified atom stereocenters. The van der Waals surface area contributed by atoms with Crippen molar-refractivity contribution in [1.82, 2.24) is 0 Å². The van der Waals surface area contributed by atoms with Gasteiger partial charge in [0.25, 0.3) is 0 Å². The van der Waals surface area contributed by atoms with E-state index in [1.165, 1.54) is 4.91 Å². The average molecular weight is 174 g/mol. The number of hydrogen-bond donors (Lipinski definition) is 0. The molecule has 0 N–H and O–H groups in total. The molecular weight excluding hydrogens is 152 g/mol. The van der Waals surface area contributed by atoms with Gasteiger partial charge in [-0.05, 0) is 24.2 Å². The zero-order valence-corrected chi connectivity index (χ0v) is 9.59. The predicted molar refractivity (Wildman–Crippen MR) is 59.9 cm³/mol. The van der Waals surface area contributed by atoms with Gasteiger partial charge in [0.1, 0.15) is 0 Å². The molecule has 0 aliphatic carbocycles. The van der Waals surface area contributed by atoms with Gasteiger partial charge in [-0.2, -0.15) is 0 Å². The summed E-state index contributed by atoms with van der Waals surface area (Å²) in [6, 6.07) is 0. The Hall–Kier alpha value is -0.170. The fourth-order valence-corrected chi connectivity index (χ4v) is 0.598. The topological polar surface area (TPSA) is 0 Å². The minimum Gasteiger partial charge on any atom is -0.104 e. The molecule has 0 radical (unpaired) electrons. The first-order chi connectivity index (χ1) is 5.31. The summed E-state index contributed by atoms with van der Waals surface area (Å²) < 4.78 is 0. The van der Waals surface area contributed by atoms with Gasteiger partial charge in [0.2, 0.25) is 0 Å². The van der Waals surface area contributed by atoms with Crippen LogP contribution in [0.1, 0.15) is 41.5 Å². The standard InChI is InChI=1S/C6H10S.2C2H6/c1-4-6(3)7-5-2;2*1-2/h4-5H,2H2,1,3H3;2*1-2H3/b6-4-;;. The Morgan fingerprint density at radius 3 is 1.64 bits per heavy atom. The number of thioether (sulfide) groups is 1. The summed E-state index contributed by atoms with van der Waals surface area (Å²) in [6.45, 7) is 15.7. The first kappa shape index (κ1) is 17.1. The first-order valence-corrected chi connectivity index (χ1v) is 5.09. The maximum Gasteiger partial charge on any atom is -0.0182 e. The summed E-state index contributed by atoms with van der Waals surface area (Å²) in [7, 11) is 0. The van der Waals surface area contributed by atoms with Crippen LogP contribution in [0, 0.1) is 0 Å². The Morgan fingerprint density at radius 2 is 1.55 bits per heavy atom. The smallest absolute Gasteiger partial charge is 0.0182 e. The molecule has 0 heterocycles. The largest absolute Gasteiger partial charge is 0.104 e. The lowest BCUT2D eigenvalue weighted by Gasteiger charge is -1.86. The second-order valence-corrected chi connectivity index (χ2v) is 2.40. The highest BCUT2D eigenvalue weighted by atomic mass is 32.2. The van der Waals surface area contributed by atoms with Gasteiger partial charge in [-0.15, -0.1) is 11.8 Å². The van der Waals surface area contributed by atoms with Crippen LogP contribution in [0.25, 0.3) is 0 Å². The van der Waals surface area contributed by atoms with Crippen molar-refractivity contribution < 1.29 is 0 Å². The summed E-state index contributed by atoms with van der Waals surface area (Å²) >= 11 is 1.66. The maximum atomic E-state index is 3.57. The summed E-state index contributed by atoms with van der Waals surface area (Å²) in [6.07, 6.45) is 2.06. The number of rotatable bonds is 2. The molecule has 0 aliphatic heterocycles. The zero-order chi connectivity index (χ0) is 9.70. The molecule has 0 spiro atoms. The van der Waals surface area contributed by atoms with Gasteiger partial charge in [-0.25, -0.2) is 0 Å². The van der Waals surface area contributed by atoms with Crippen molar-refractivity contribution in [3.63, 3.8) is 0 Å². The molecule has 0 aromatic heterocycles. The average Bonchev–Trinajstić information content (AvgIpc) is 2.12. The second kappa shape index (κ2) is 22.5. The molecule has 0 rings (SSSR count). The van der Waals surface area contributed by atoms with E-state index in [9.17, 15) is 0 Å². The van der Waals surface area contributed by atoms with Gasteiger partial charge in [-0.3, -0.25) is 0 Å². The predicted octanol–water partition coefficient (Wildman–Crippen LogP) is 4.84. The lowest BCUT2D eigenvalue weighted by molar-refractivity contribution is 1.50. The van der Waals surface area contributed by atoms with Gasteiger partial charge < -0.3 is 0 Å². The lowest BCUT2D eigenvalue weighted by atomic mass is 10.6. The molecule has 0 saturated carbocycles.